The van der Waals surface area contributed by atoms with Crippen LogP contribution in [0.1, 0.15) is 25.3 Å². The fourth-order valence-corrected chi connectivity index (χ4v) is 3.25. The zero-order chi connectivity index (χ0) is 18.3. The molecule has 1 aliphatic rings. The van der Waals surface area contributed by atoms with Crippen LogP contribution in [0.25, 0.3) is 11.5 Å². The summed E-state index contributed by atoms with van der Waals surface area (Å²) in [7, 11) is 0. The van der Waals surface area contributed by atoms with E-state index in [1.54, 1.807) is 17.0 Å². The second-order valence-electron chi connectivity index (χ2n) is 6.82. The first-order valence-electron chi connectivity index (χ1n) is 8.55. The molecule has 3 aromatic rings. The summed E-state index contributed by atoms with van der Waals surface area (Å²) in [5, 5.41) is 19.4. The summed E-state index contributed by atoms with van der Waals surface area (Å²) in [5.74, 6) is -0.0609. The third-order valence-corrected chi connectivity index (χ3v) is 4.44. The van der Waals surface area contributed by atoms with E-state index in [4.69, 9.17) is 4.42 Å². The van der Waals surface area contributed by atoms with E-state index in [0.29, 0.717) is 17.8 Å². The molecule has 0 fully saturated rings. The van der Waals surface area contributed by atoms with Gasteiger partial charge in [0.2, 0.25) is 11.5 Å². The molecule has 0 saturated heterocycles. The number of para-hydroxylation sites is 1. The van der Waals surface area contributed by atoms with E-state index in [1.807, 2.05) is 56.3 Å². The molecule has 1 N–H and O–H groups in total. The Morgan fingerprint density at radius 1 is 1.08 bits per heavy atom. The van der Waals surface area contributed by atoms with Crippen molar-refractivity contribution in [2.75, 3.05) is 11.4 Å². The number of hydrogen-bond acceptors (Lipinski definition) is 5. The zero-order valence-electron chi connectivity index (χ0n) is 14.6. The molecular formula is C20H19N3O3. The third-order valence-electron chi connectivity index (χ3n) is 4.44. The molecule has 1 aliphatic heterocycles. The van der Waals surface area contributed by atoms with Crippen LogP contribution in [-0.2, 0) is 10.4 Å². The highest BCUT2D eigenvalue weighted by atomic mass is 16.4. The standard InChI is InChI=1S/C20H19N3O3/c1-13(2)12-23-16-11-7-6-10-15(16)20(25,19(23)24)18-22-21-17(26-18)14-8-4-3-5-9-14/h3-11,13,25H,12H2,1-2H3/t20-/m0/s1. The lowest BCUT2D eigenvalue weighted by atomic mass is 9.95. The maximum Gasteiger partial charge on any atom is 0.273 e. The van der Waals surface area contributed by atoms with E-state index < -0.39 is 11.5 Å². The zero-order valence-corrected chi connectivity index (χ0v) is 14.6. The number of benzene rings is 2. The van der Waals surface area contributed by atoms with E-state index in [2.05, 4.69) is 10.2 Å². The summed E-state index contributed by atoms with van der Waals surface area (Å²) in [6.45, 7) is 4.54. The van der Waals surface area contributed by atoms with Crippen LogP contribution in [0.5, 0.6) is 0 Å². The number of carbonyl (C=O) groups is 1. The Morgan fingerprint density at radius 3 is 2.50 bits per heavy atom. The fraction of sp³-hybridized carbons (Fsp3) is 0.250. The van der Waals surface area contributed by atoms with Crippen molar-refractivity contribution < 1.29 is 14.3 Å². The number of rotatable bonds is 4. The van der Waals surface area contributed by atoms with Gasteiger partial charge in [-0.3, -0.25) is 4.79 Å². The van der Waals surface area contributed by atoms with Gasteiger partial charge in [0.1, 0.15) is 0 Å². The summed E-state index contributed by atoms with van der Waals surface area (Å²) < 4.78 is 5.72. The number of fused-ring (bicyclic) bond motifs is 1. The Morgan fingerprint density at radius 2 is 1.77 bits per heavy atom. The Labute approximate surface area is 151 Å². The van der Waals surface area contributed by atoms with E-state index in [1.165, 1.54) is 0 Å². The van der Waals surface area contributed by atoms with Gasteiger partial charge >= 0.3 is 0 Å². The van der Waals surface area contributed by atoms with Gasteiger partial charge < -0.3 is 14.4 Å². The Bertz CT molecular complexity index is 952. The van der Waals surface area contributed by atoms with Crippen LogP contribution in [0.4, 0.5) is 5.69 Å². The first kappa shape index (κ1) is 16.5. The van der Waals surface area contributed by atoms with Crippen molar-refractivity contribution in [3.05, 3.63) is 66.1 Å². The normalized spacial score (nSPS) is 19.2. The molecule has 0 aliphatic carbocycles. The number of anilines is 1. The van der Waals surface area contributed by atoms with Gasteiger partial charge in [-0.15, -0.1) is 10.2 Å². The molecule has 6 nitrogen and oxygen atoms in total. The number of amides is 1. The monoisotopic (exact) mass is 349 g/mol. The highest BCUT2D eigenvalue weighted by molar-refractivity contribution is 6.08. The van der Waals surface area contributed by atoms with Gasteiger partial charge in [-0.05, 0) is 24.1 Å². The number of hydrogen-bond donors (Lipinski definition) is 1. The van der Waals surface area contributed by atoms with Gasteiger partial charge in [-0.25, -0.2) is 0 Å². The van der Waals surface area contributed by atoms with Gasteiger partial charge in [0, 0.05) is 17.7 Å². The van der Waals surface area contributed by atoms with Crippen LogP contribution in [0.15, 0.2) is 59.0 Å². The van der Waals surface area contributed by atoms with Crippen molar-refractivity contribution in [3.63, 3.8) is 0 Å². The van der Waals surface area contributed by atoms with Gasteiger partial charge in [0.15, 0.2) is 0 Å². The van der Waals surface area contributed by atoms with Gasteiger partial charge in [0.25, 0.3) is 11.8 Å². The quantitative estimate of drug-likeness (QED) is 0.783. The lowest BCUT2D eigenvalue weighted by Gasteiger charge is -2.21. The van der Waals surface area contributed by atoms with E-state index in [-0.39, 0.29) is 17.7 Å². The molecule has 1 aromatic heterocycles. The fourth-order valence-electron chi connectivity index (χ4n) is 3.25. The summed E-state index contributed by atoms with van der Waals surface area (Å²) in [6.07, 6.45) is 0. The van der Waals surface area contributed by atoms with Crippen LogP contribution in [-0.4, -0.2) is 27.8 Å². The minimum absolute atomic E-state index is 0.111. The van der Waals surface area contributed by atoms with Gasteiger partial charge in [-0.1, -0.05) is 50.2 Å². The minimum atomic E-state index is -1.97. The minimum Gasteiger partial charge on any atom is -0.417 e. The van der Waals surface area contributed by atoms with Crippen LogP contribution in [0.2, 0.25) is 0 Å². The molecule has 1 amide bonds. The number of nitrogens with zero attached hydrogens (tertiary/aromatic N) is 3. The molecule has 26 heavy (non-hydrogen) atoms. The van der Waals surface area contributed by atoms with Crippen molar-refractivity contribution in [1.29, 1.82) is 0 Å². The van der Waals surface area contributed by atoms with Crippen molar-refractivity contribution in [3.8, 4) is 11.5 Å². The van der Waals surface area contributed by atoms with Crippen LogP contribution in [0, 0.1) is 5.92 Å². The van der Waals surface area contributed by atoms with Gasteiger partial charge in [0.05, 0.1) is 5.69 Å². The Kier molecular flexibility index (Phi) is 3.85. The summed E-state index contributed by atoms with van der Waals surface area (Å²) >= 11 is 0. The predicted octanol–water partition coefficient (Wildman–Crippen LogP) is 2.98. The largest absolute Gasteiger partial charge is 0.417 e. The molecular weight excluding hydrogens is 330 g/mol. The summed E-state index contributed by atoms with van der Waals surface area (Å²) in [5.41, 5.74) is -0.0967. The molecule has 132 valence electrons. The maximum absolute atomic E-state index is 13.1. The molecule has 1 atom stereocenters. The highest BCUT2D eigenvalue weighted by Crippen LogP contribution is 2.44. The molecule has 6 heteroatoms. The molecule has 0 spiro atoms. The molecule has 2 heterocycles. The smallest absolute Gasteiger partial charge is 0.273 e. The summed E-state index contributed by atoms with van der Waals surface area (Å²) in [4.78, 5) is 14.7. The SMILES string of the molecule is CC(C)CN1C(=O)[C@@](O)(c2nnc(-c3ccccc3)o2)c2ccccc21. The number of carbonyl (C=O) groups excluding carboxylic acids is 1. The van der Waals surface area contributed by atoms with E-state index >= 15 is 0 Å². The Hall–Kier alpha value is -2.99. The summed E-state index contributed by atoms with van der Waals surface area (Å²) in [6, 6.07) is 16.4. The second kappa shape index (κ2) is 6.07. The van der Waals surface area contributed by atoms with E-state index in [9.17, 15) is 9.90 Å². The molecule has 0 saturated carbocycles. The molecule has 0 bridgehead atoms. The highest BCUT2D eigenvalue weighted by Gasteiger charge is 2.55. The van der Waals surface area contributed by atoms with Crippen molar-refractivity contribution in [2.24, 2.45) is 5.92 Å². The van der Waals surface area contributed by atoms with E-state index in [0.717, 1.165) is 5.56 Å². The topological polar surface area (TPSA) is 79.5 Å². The average Bonchev–Trinajstić information content (AvgIpc) is 3.22. The average molecular weight is 349 g/mol. The molecule has 0 unspecified atom stereocenters. The van der Waals surface area contributed by atoms with Crippen molar-refractivity contribution in [2.45, 2.75) is 19.4 Å². The second-order valence-corrected chi connectivity index (χ2v) is 6.82. The predicted molar refractivity (Wildman–Crippen MR) is 96.4 cm³/mol. The van der Waals surface area contributed by atoms with Crippen molar-refractivity contribution >= 4 is 11.6 Å². The molecule has 4 rings (SSSR count). The first-order valence-corrected chi connectivity index (χ1v) is 8.55. The van der Waals surface area contributed by atoms with Crippen LogP contribution >= 0.6 is 0 Å². The lowest BCUT2D eigenvalue weighted by Crippen LogP contribution is -2.42. The Balaban J connectivity index is 1.81. The van der Waals surface area contributed by atoms with Crippen LogP contribution in [0.3, 0.4) is 0 Å². The maximum atomic E-state index is 13.1. The van der Waals surface area contributed by atoms with Crippen molar-refractivity contribution in [1.82, 2.24) is 10.2 Å². The molecule has 0 radical (unpaired) electrons. The molecule has 2 aromatic carbocycles. The number of aliphatic hydroxyl groups is 1. The lowest BCUT2D eigenvalue weighted by molar-refractivity contribution is -0.134. The first-order chi connectivity index (χ1) is 12.5. The third kappa shape index (κ3) is 2.42. The number of aromatic nitrogens is 2. The van der Waals surface area contributed by atoms with Crippen LogP contribution < -0.4 is 4.90 Å². The van der Waals surface area contributed by atoms with Gasteiger partial charge in [-0.2, -0.15) is 0 Å².